The Bertz CT molecular complexity index is 529. The van der Waals surface area contributed by atoms with Crippen molar-refractivity contribution in [3.8, 4) is 0 Å². The number of methoxy groups -OCH3 is 1. The molecule has 1 aromatic heterocycles. The van der Waals surface area contributed by atoms with E-state index in [0.717, 1.165) is 4.68 Å². The number of carboxylic acids is 1. The molecule has 1 heterocycles. The van der Waals surface area contributed by atoms with Gasteiger partial charge in [0.1, 0.15) is 18.5 Å². The highest BCUT2D eigenvalue weighted by molar-refractivity contribution is 5.84. The molecule has 0 aromatic carbocycles. The van der Waals surface area contributed by atoms with Gasteiger partial charge in [-0.15, -0.1) is 5.10 Å². The molecule has 2 N–H and O–H groups in total. The lowest BCUT2D eigenvalue weighted by Crippen LogP contribution is -2.41. The van der Waals surface area contributed by atoms with Gasteiger partial charge < -0.3 is 15.2 Å². The van der Waals surface area contributed by atoms with Gasteiger partial charge in [-0.05, 0) is 23.8 Å². The van der Waals surface area contributed by atoms with E-state index in [1.54, 1.807) is 6.92 Å². The zero-order valence-electron chi connectivity index (χ0n) is 11.9. The fourth-order valence-electron chi connectivity index (χ4n) is 1.70. The maximum atomic E-state index is 11.8. The number of aromatic nitrogens is 4. The van der Waals surface area contributed by atoms with E-state index in [-0.39, 0.29) is 18.8 Å². The highest BCUT2D eigenvalue weighted by Crippen LogP contribution is 2.16. The van der Waals surface area contributed by atoms with E-state index in [1.807, 2.05) is 0 Å². The van der Waals surface area contributed by atoms with Gasteiger partial charge in [0.15, 0.2) is 5.82 Å². The number of carboxylic acid groups (broad SMARTS) is 1. The minimum absolute atomic E-state index is 0.0888. The van der Waals surface area contributed by atoms with Crippen LogP contribution in [0.2, 0.25) is 0 Å². The van der Waals surface area contributed by atoms with Gasteiger partial charge in [-0.2, -0.15) is 0 Å². The molecule has 10 nitrogen and oxygen atoms in total. The van der Waals surface area contributed by atoms with Gasteiger partial charge in [-0.25, -0.2) is 9.48 Å². The van der Waals surface area contributed by atoms with E-state index in [4.69, 9.17) is 5.11 Å². The maximum absolute atomic E-state index is 11.8. The number of carbonyl (C=O) groups is 3. The first-order valence-corrected chi connectivity index (χ1v) is 6.26. The summed E-state index contributed by atoms with van der Waals surface area (Å²) in [6.07, 6.45) is 0.288. The first-order valence-electron chi connectivity index (χ1n) is 6.26. The third kappa shape index (κ3) is 4.23. The Balaban J connectivity index is 2.76. The Kier molecular flexibility index (Phi) is 5.76. The molecule has 0 fully saturated rings. The first kappa shape index (κ1) is 16.5. The van der Waals surface area contributed by atoms with Crippen LogP contribution in [-0.2, 0) is 25.7 Å². The Hall–Kier alpha value is -2.52. The lowest BCUT2D eigenvalue weighted by atomic mass is 10.1. The molecule has 0 aliphatic heterocycles. The summed E-state index contributed by atoms with van der Waals surface area (Å²) in [5.41, 5.74) is 0. The van der Waals surface area contributed by atoms with Gasteiger partial charge in [0, 0.05) is 0 Å². The van der Waals surface area contributed by atoms with E-state index in [2.05, 4.69) is 25.6 Å². The zero-order valence-corrected chi connectivity index (χ0v) is 11.9. The fourth-order valence-corrected chi connectivity index (χ4v) is 1.70. The van der Waals surface area contributed by atoms with Crippen LogP contribution in [0.1, 0.15) is 32.0 Å². The van der Waals surface area contributed by atoms with Gasteiger partial charge >= 0.3 is 11.9 Å². The molecule has 21 heavy (non-hydrogen) atoms. The van der Waals surface area contributed by atoms with Crippen molar-refractivity contribution in [1.29, 1.82) is 0 Å². The topological polar surface area (TPSA) is 136 Å². The fraction of sp³-hybridized carbons (Fsp3) is 0.636. The second-order valence-electron chi connectivity index (χ2n) is 4.31. The summed E-state index contributed by atoms with van der Waals surface area (Å²) in [4.78, 5) is 34.1. The Morgan fingerprint density at radius 3 is 2.62 bits per heavy atom. The molecule has 1 aromatic rings. The minimum atomic E-state index is -1.07. The Labute approximate surface area is 120 Å². The zero-order chi connectivity index (χ0) is 16.0. The van der Waals surface area contributed by atoms with Crippen molar-refractivity contribution in [3.63, 3.8) is 0 Å². The normalized spacial score (nSPS) is 13.3. The van der Waals surface area contributed by atoms with E-state index in [0.29, 0.717) is 0 Å². The molecule has 1 rings (SSSR count). The second kappa shape index (κ2) is 7.31. The number of amides is 1. The van der Waals surface area contributed by atoms with Crippen LogP contribution in [0.15, 0.2) is 0 Å². The van der Waals surface area contributed by atoms with Crippen LogP contribution in [0.4, 0.5) is 0 Å². The SMILES string of the molecule is CCC(C(=O)O)c1nnnn1CC(=O)N[C@H](C)C(=O)OC. The summed E-state index contributed by atoms with van der Waals surface area (Å²) < 4.78 is 5.58. The molecule has 0 radical (unpaired) electrons. The van der Waals surface area contributed by atoms with Crippen LogP contribution in [-0.4, -0.2) is 56.3 Å². The number of hydrogen-bond donors (Lipinski definition) is 2. The lowest BCUT2D eigenvalue weighted by Gasteiger charge is -2.13. The number of esters is 1. The molecule has 0 aliphatic carbocycles. The van der Waals surface area contributed by atoms with E-state index in [9.17, 15) is 14.4 Å². The summed E-state index contributed by atoms with van der Waals surface area (Å²) in [5, 5.41) is 22.1. The highest BCUT2D eigenvalue weighted by Gasteiger charge is 2.25. The van der Waals surface area contributed by atoms with Crippen molar-refractivity contribution >= 4 is 17.8 Å². The molecule has 1 unspecified atom stereocenters. The van der Waals surface area contributed by atoms with Crippen LogP contribution < -0.4 is 5.32 Å². The van der Waals surface area contributed by atoms with Gasteiger partial charge in [-0.1, -0.05) is 6.92 Å². The number of hydrogen-bond acceptors (Lipinski definition) is 7. The second-order valence-corrected chi connectivity index (χ2v) is 4.31. The number of ether oxygens (including phenoxy) is 1. The standard InChI is InChI=1S/C11H17N5O5/c1-4-7(10(18)19)9-13-14-15-16(9)5-8(17)12-6(2)11(20)21-3/h6-7H,4-5H2,1-3H3,(H,12,17)(H,18,19)/t6-,7?/m1/s1. The molecule has 1 amide bonds. The maximum Gasteiger partial charge on any atom is 0.328 e. The predicted octanol–water partition coefficient (Wildman–Crippen LogP) is -1.07. The van der Waals surface area contributed by atoms with Crippen LogP contribution in [0.3, 0.4) is 0 Å². The largest absolute Gasteiger partial charge is 0.481 e. The average molecular weight is 299 g/mol. The van der Waals surface area contributed by atoms with Crippen LogP contribution in [0.25, 0.3) is 0 Å². The molecule has 10 heteroatoms. The molecule has 0 bridgehead atoms. The number of tetrazole rings is 1. The Morgan fingerprint density at radius 2 is 2.10 bits per heavy atom. The van der Waals surface area contributed by atoms with Crippen molar-refractivity contribution < 1.29 is 24.2 Å². The van der Waals surface area contributed by atoms with E-state index in [1.165, 1.54) is 14.0 Å². The molecule has 0 saturated carbocycles. The average Bonchev–Trinajstić information content (AvgIpc) is 2.86. The van der Waals surface area contributed by atoms with Crippen molar-refractivity contribution in [3.05, 3.63) is 5.82 Å². The van der Waals surface area contributed by atoms with Gasteiger partial charge in [0.2, 0.25) is 5.91 Å². The number of carbonyl (C=O) groups excluding carboxylic acids is 2. The van der Waals surface area contributed by atoms with Crippen LogP contribution in [0, 0.1) is 0 Å². The predicted molar refractivity (Wildman–Crippen MR) is 68.1 cm³/mol. The van der Waals surface area contributed by atoms with Crippen molar-refractivity contribution in [2.45, 2.75) is 38.8 Å². The molecule has 2 atom stereocenters. The molecule has 0 aliphatic rings. The first-order chi connectivity index (χ1) is 9.90. The van der Waals surface area contributed by atoms with Gasteiger partial charge in [-0.3, -0.25) is 9.59 Å². The summed E-state index contributed by atoms with van der Waals surface area (Å²) >= 11 is 0. The summed E-state index contributed by atoms with van der Waals surface area (Å²) in [6, 6.07) is -0.816. The number of nitrogens with zero attached hydrogens (tertiary/aromatic N) is 4. The molecule has 0 saturated heterocycles. The third-order valence-electron chi connectivity index (χ3n) is 2.80. The minimum Gasteiger partial charge on any atom is -0.481 e. The smallest absolute Gasteiger partial charge is 0.328 e. The van der Waals surface area contributed by atoms with Gasteiger partial charge in [0.05, 0.1) is 7.11 Å². The summed E-state index contributed by atoms with van der Waals surface area (Å²) in [5.74, 6) is -2.99. The lowest BCUT2D eigenvalue weighted by molar-refractivity contribution is -0.144. The summed E-state index contributed by atoms with van der Waals surface area (Å²) in [6.45, 7) is 2.86. The molecular formula is C11H17N5O5. The third-order valence-corrected chi connectivity index (χ3v) is 2.80. The molecule has 116 valence electrons. The summed E-state index contributed by atoms with van der Waals surface area (Å²) in [7, 11) is 1.21. The van der Waals surface area contributed by atoms with E-state index < -0.39 is 29.8 Å². The highest BCUT2D eigenvalue weighted by atomic mass is 16.5. The van der Waals surface area contributed by atoms with E-state index >= 15 is 0 Å². The molecular weight excluding hydrogens is 282 g/mol. The van der Waals surface area contributed by atoms with Crippen molar-refractivity contribution in [2.75, 3.05) is 7.11 Å². The monoisotopic (exact) mass is 299 g/mol. The van der Waals surface area contributed by atoms with Crippen molar-refractivity contribution in [1.82, 2.24) is 25.5 Å². The number of rotatable bonds is 7. The Morgan fingerprint density at radius 1 is 1.43 bits per heavy atom. The molecule has 0 spiro atoms. The van der Waals surface area contributed by atoms with Crippen LogP contribution >= 0.6 is 0 Å². The van der Waals surface area contributed by atoms with Gasteiger partial charge in [0.25, 0.3) is 0 Å². The number of nitrogens with one attached hydrogen (secondary N) is 1. The quantitative estimate of drug-likeness (QED) is 0.607. The van der Waals surface area contributed by atoms with Crippen molar-refractivity contribution in [2.24, 2.45) is 0 Å². The van der Waals surface area contributed by atoms with Crippen LogP contribution in [0.5, 0.6) is 0 Å². The number of aliphatic carboxylic acids is 1.